The van der Waals surface area contributed by atoms with Crippen LogP contribution in [0.5, 0.6) is 0 Å². The molecule has 0 bridgehead atoms. The Kier molecular flexibility index (Phi) is 4.78. The second-order valence-corrected chi connectivity index (χ2v) is 2.39. The minimum Gasteiger partial charge on any atom is -0.369 e. The van der Waals surface area contributed by atoms with Crippen molar-refractivity contribution in [2.75, 3.05) is 0 Å². The fourth-order valence-corrected chi connectivity index (χ4v) is 0.510. The minimum absolute atomic E-state index is 0.393. The minimum atomic E-state index is 0.393. The molecule has 0 spiro atoms. The lowest BCUT2D eigenvalue weighted by atomic mass is 10.3. The SMILES string of the molecule is CC[C](C)OC(C)CC. The van der Waals surface area contributed by atoms with Crippen molar-refractivity contribution in [3.05, 3.63) is 6.10 Å². The van der Waals surface area contributed by atoms with Crippen LogP contribution in [0.3, 0.4) is 0 Å². The monoisotopic (exact) mass is 129 g/mol. The summed E-state index contributed by atoms with van der Waals surface area (Å²) in [6.07, 6.45) is 3.66. The molecule has 1 unspecified atom stereocenters. The Morgan fingerprint density at radius 3 is 2.33 bits per heavy atom. The summed E-state index contributed by atoms with van der Waals surface area (Å²) in [7, 11) is 0. The van der Waals surface area contributed by atoms with Crippen LogP contribution in [-0.4, -0.2) is 6.10 Å². The van der Waals surface area contributed by atoms with E-state index in [9.17, 15) is 0 Å². The third-order valence-corrected chi connectivity index (χ3v) is 1.48. The summed E-state index contributed by atoms with van der Waals surface area (Å²) in [5, 5.41) is 0. The van der Waals surface area contributed by atoms with Crippen LogP contribution in [0, 0.1) is 6.10 Å². The fourth-order valence-electron chi connectivity index (χ4n) is 0.510. The quantitative estimate of drug-likeness (QED) is 0.567. The Morgan fingerprint density at radius 1 is 1.44 bits per heavy atom. The first-order valence-electron chi connectivity index (χ1n) is 3.69. The summed E-state index contributed by atoms with van der Waals surface area (Å²) in [6, 6.07) is 0. The van der Waals surface area contributed by atoms with Crippen molar-refractivity contribution in [3.8, 4) is 0 Å². The molecule has 1 nitrogen and oxygen atoms in total. The molecule has 0 aromatic rings. The number of rotatable bonds is 4. The molecule has 1 heteroatoms. The summed E-state index contributed by atoms with van der Waals surface area (Å²) in [6.45, 7) is 8.37. The van der Waals surface area contributed by atoms with E-state index in [-0.39, 0.29) is 0 Å². The van der Waals surface area contributed by atoms with E-state index in [1.54, 1.807) is 0 Å². The molecule has 0 aliphatic heterocycles. The van der Waals surface area contributed by atoms with Gasteiger partial charge >= 0.3 is 0 Å². The number of hydrogen-bond acceptors (Lipinski definition) is 1. The highest BCUT2D eigenvalue weighted by Gasteiger charge is 2.03. The first-order valence-corrected chi connectivity index (χ1v) is 3.69. The Morgan fingerprint density at radius 2 is 2.00 bits per heavy atom. The third-order valence-electron chi connectivity index (χ3n) is 1.48. The number of hydrogen-bond donors (Lipinski definition) is 0. The molecule has 0 aromatic carbocycles. The predicted octanol–water partition coefficient (Wildman–Crippen LogP) is 2.76. The Bertz CT molecular complexity index is 53.6. The molecular weight excluding hydrogens is 112 g/mol. The molecular formula is C8H17O. The second-order valence-electron chi connectivity index (χ2n) is 2.39. The van der Waals surface area contributed by atoms with E-state index in [0.29, 0.717) is 6.10 Å². The van der Waals surface area contributed by atoms with Crippen LogP contribution >= 0.6 is 0 Å². The smallest absolute Gasteiger partial charge is 0.0941 e. The largest absolute Gasteiger partial charge is 0.369 e. The van der Waals surface area contributed by atoms with Crippen LogP contribution in [0.4, 0.5) is 0 Å². The van der Waals surface area contributed by atoms with E-state index in [1.165, 1.54) is 0 Å². The van der Waals surface area contributed by atoms with Crippen LogP contribution < -0.4 is 0 Å². The predicted molar refractivity (Wildman–Crippen MR) is 40.0 cm³/mol. The van der Waals surface area contributed by atoms with Crippen molar-refractivity contribution < 1.29 is 4.74 Å². The molecule has 9 heavy (non-hydrogen) atoms. The lowest BCUT2D eigenvalue weighted by Gasteiger charge is -2.14. The van der Waals surface area contributed by atoms with Crippen molar-refractivity contribution in [1.82, 2.24) is 0 Å². The van der Waals surface area contributed by atoms with E-state index < -0.39 is 0 Å². The normalized spacial score (nSPS) is 14.3. The Labute approximate surface area is 58.4 Å². The first kappa shape index (κ1) is 8.96. The van der Waals surface area contributed by atoms with Crippen molar-refractivity contribution in [2.24, 2.45) is 0 Å². The van der Waals surface area contributed by atoms with Gasteiger partial charge in [0, 0.05) is 0 Å². The van der Waals surface area contributed by atoms with Crippen LogP contribution in [-0.2, 0) is 4.74 Å². The highest BCUT2D eigenvalue weighted by molar-refractivity contribution is 4.69. The third kappa shape index (κ3) is 4.46. The van der Waals surface area contributed by atoms with Gasteiger partial charge < -0.3 is 4.74 Å². The van der Waals surface area contributed by atoms with Gasteiger partial charge in [0.1, 0.15) is 0 Å². The standard InChI is InChI=1S/C8H17O/c1-5-7(3)9-8(4)6-2/h7H,5-6H2,1-4H3. The highest BCUT2D eigenvalue weighted by Crippen LogP contribution is 2.10. The van der Waals surface area contributed by atoms with Crippen molar-refractivity contribution >= 4 is 0 Å². The van der Waals surface area contributed by atoms with Gasteiger partial charge in [0.15, 0.2) is 0 Å². The maximum atomic E-state index is 5.47. The topological polar surface area (TPSA) is 9.23 Å². The zero-order valence-corrected chi connectivity index (χ0v) is 6.90. The molecule has 0 aromatic heterocycles. The molecule has 0 amide bonds. The molecule has 0 rings (SSSR count). The lowest BCUT2D eigenvalue weighted by molar-refractivity contribution is 0.0735. The lowest BCUT2D eigenvalue weighted by Crippen LogP contribution is -2.08. The van der Waals surface area contributed by atoms with Gasteiger partial charge in [-0.25, -0.2) is 0 Å². The summed E-state index contributed by atoms with van der Waals surface area (Å²) in [5.74, 6) is 0. The van der Waals surface area contributed by atoms with E-state index in [0.717, 1.165) is 18.9 Å². The van der Waals surface area contributed by atoms with E-state index in [2.05, 4.69) is 20.8 Å². The zero-order chi connectivity index (χ0) is 7.28. The highest BCUT2D eigenvalue weighted by atomic mass is 16.5. The van der Waals surface area contributed by atoms with Gasteiger partial charge in [0.2, 0.25) is 0 Å². The van der Waals surface area contributed by atoms with E-state index >= 15 is 0 Å². The fraction of sp³-hybridized carbons (Fsp3) is 0.875. The van der Waals surface area contributed by atoms with Crippen molar-refractivity contribution in [2.45, 2.75) is 46.6 Å². The number of ether oxygens (including phenoxy) is 1. The van der Waals surface area contributed by atoms with Gasteiger partial charge in [0.25, 0.3) is 0 Å². The molecule has 1 atom stereocenters. The maximum absolute atomic E-state index is 5.47. The van der Waals surface area contributed by atoms with E-state index in [1.807, 2.05) is 6.92 Å². The molecule has 0 aliphatic carbocycles. The molecule has 0 saturated heterocycles. The summed E-state index contributed by atoms with van der Waals surface area (Å²) < 4.78 is 5.47. The summed E-state index contributed by atoms with van der Waals surface area (Å²) >= 11 is 0. The van der Waals surface area contributed by atoms with Gasteiger partial charge in [-0.05, 0) is 26.7 Å². The van der Waals surface area contributed by atoms with Crippen LogP contribution in [0.25, 0.3) is 0 Å². The van der Waals surface area contributed by atoms with Gasteiger partial charge in [-0.1, -0.05) is 13.8 Å². The maximum Gasteiger partial charge on any atom is 0.0941 e. The molecule has 0 aliphatic rings. The summed E-state index contributed by atoms with van der Waals surface area (Å²) in [5.41, 5.74) is 0. The van der Waals surface area contributed by atoms with Crippen molar-refractivity contribution in [3.63, 3.8) is 0 Å². The van der Waals surface area contributed by atoms with Crippen LogP contribution in [0.2, 0.25) is 0 Å². The molecule has 0 fully saturated rings. The van der Waals surface area contributed by atoms with Gasteiger partial charge in [-0.3, -0.25) is 0 Å². The molecule has 0 heterocycles. The average Bonchev–Trinajstić information content (AvgIpc) is 1.87. The average molecular weight is 129 g/mol. The Balaban J connectivity index is 3.22. The van der Waals surface area contributed by atoms with Crippen molar-refractivity contribution in [1.29, 1.82) is 0 Å². The van der Waals surface area contributed by atoms with Gasteiger partial charge in [-0.2, -0.15) is 0 Å². The van der Waals surface area contributed by atoms with Gasteiger partial charge in [0.05, 0.1) is 12.2 Å². The molecule has 1 radical (unpaired) electrons. The second kappa shape index (κ2) is 4.80. The van der Waals surface area contributed by atoms with Crippen LogP contribution in [0.15, 0.2) is 0 Å². The molecule has 0 saturated carbocycles. The van der Waals surface area contributed by atoms with Crippen LogP contribution in [0.1, 0.15) is 40.5 Å². The van der Waals surface area contributed by atoms with E-state index in [4.69, 9.17) is 4.74 Å². The van der Waals surface area contributed by atoms with Gasteiger partial charge in [-0.15, -0.1) is 0 Å². The molecule has 0 N–H and O–H groups in total. The first-order chi connectivity index (χ1) is 4.20. The molecule has 55 valence electrons. The zero-order valence-electron chi connectivity index (χ0n) is 6.90. The Hall–Kier alpha value is -0.0400. The summed E-state index contributed by atoms with van der Waals surface area (Å²) in [4.78, 5) is 0.